The highest BCUT2D eigenvalue weighted by Crippen LogP contribution is 2.43. The number of carbonyl (C=O) groups is 1. The number of amides is 1. The summed E-state index contributed by atoms with van der Waals surface area (Å²) in [5.74, 6) is 0.599. The van der Waals surface area contributed by atoms with Gasteiger partial charge in [-0.1, -0.05) is 12.1 Å². The first kappa shape index (κ1) is 17.7. The van der Waals surface area contributed by atoms with E-state index in [4.69, 9.17) is 0 Å². The molecule has 2 aliphatic rings. The summed E-state index contributed by atoms with van der Waals surface area (Å²) in [6.45, 7) is 1.38. The van der Waals surface area contributed by atoms with Crippen molar-refractivity contribution in [3.8, 4) is 5.69 Å². The lowest BCUT2D eigenvalue weighted by atomic mass is 9.82. The summed E-state index contributed by atoms with van der Waals surface area (Å²) >= 11 is 0. The second-order valence-corrected chi connectivity index (χ2v) is 7.95. The average molecular weight is 388 g/mol. The van der Waals surface area contributed by atoms with E-state index in [0.717, 1.165) is 18.5 Å². The zero-order valence-corrected chi connectivity index (χ0v) is 16.7. The number of carbonyl (C=O) groups excluding carboxylic acids is 1. The molecule has 1 spiro atoms. The van der Waals surface area contributed by atoms with Gasteiger partial charge in [-0.05, 0) is 37.1 Å². The van der Waals surface area contributed by atoms with Gasteiger partial charge in [-0.3, -0.25) is 4.79 Å². The highest BCUT2D eigenvalue weighted by molar-refractivity contribution is 5.93. The Bertz CT molecular complexity index is 1050. The molecular formula is C22H24N6O. The van der Waals surface area contributed by atoms with E-state index < -0.39 is 0 Å². The van der Waals surface area contributed by atoms with Gasteiger partial charge in [-0.15, -0.1) is 0 Å². The minimum Gasteiger partial charge on any atom is -0.372 e. The van der Waals surface area contributed by atoms with Crippen molar-refractivity contribution in [3.05, 3.63) is 66.2 Å². The Kier molecular flexibility index (Phi) is 4.04. The fraction of sp³-hybridized carbons (Fsp3) is 0.318. The minimum atomic E-state index is -0.153. The van der Waals surface area contributed by atoms with Crippen LogP contribution >= 0.6 is 0 Å². The van der Waals surface area contributed by atoms with Gasteiger partial charge in [0.1, 0.15) is 0 Å². The van der Waals surface area contributed by atoms with Crippen LogP contribution in [0, 0.1) is 0 Å². The molecule has 0 unspecified atom stereocenters. The van der Waals surface area contributed by atoms with Gasteiger partial charge < -0.3 is 19.7 Å². The van der Waals surface area contributed by atoms with Crippen molar-refractivity contribution >= 4 is 17.5 Å². The predicted molar refractivity (Wildman–Crippen MR) is 113 cm³/mol. The van der Waals surface area contributed by atoms with Gasteiger partial charge >= 0.3 is 0 Å². The molecule has 7 nitrogen and oxygen atoms in total. The number of anilines is 2. The summed E-state index contributed by atoms with van der Waals surface area (Å²) in [4.78, 5) is 25.2. The van der Waals surface area contributed by atoms with E-state index in [0.29, 0.717) is 24.6 Å². The molecule has 29 heavy (non-hydrogen) atoms. The van der Waals surface area contributed by atoms with Crippen LogP contribution in [0.15, 0.2) is 55.0 Å². The molecule has 1 fully saturated rings. The van der Waals surface area contributed by atoms with Crippen molar-refractivity contribution in [2.75, 3.05) is 37.4 Å². The first-order chi connectivity index (χ1) is 14.1. The zero-order chi connectivity index (χ0) is 20.0. The van der Waals surface area contributed by atoms with Gasteiger partial charge in [0.25, 0.3) is 5.91 Å². The number of hydrogen-bond acceptors (Lipinski definition) is 5. The molecule has 0 aliphatic carbocycles. The van der Waals surface area contributed by atoms with Crippen LogP contribution in [0.2, 0.25) is 0 Å². The van der Waals surface area contributed by atoms with Crippen LogP contribution in [0.3, 0.4) is 0 Å². The van der Waals surface area contributed by atoms with Gasteiger partial charge in [0.2, 0.25) is 5.95 Å². The van der Waals surface area contributed by atoms with Crippen molar-refractivity contribution in [2.24, 2.45) is 0 Å². The zero-order valence-electron chi connectivity index (χ0n) is 16.7. The first-order valence-corrected chi connectivity index (χ1v) is 9.91. The van der Waals surface area contributed by atoms with E-state index in [1.54, 1.807) is 12.4 Å². The lowest BCUT2D eigenvalue weighted by Crippen LogP contribution is -2.51. The number of rotatable bonds is 2. The molecule has 0 bridgehead atoms. The smallest absolute Gasteiger partial charge is 0.256 e. The third-order valence-corrected chi connectivity index (χ3v) is 5.97. The maximum Gasteiger partial charge on any atom is 0.256 e. The standard InChI is InChI=1S/C22H24N6O/c1-26(2)21-23-14-16(15-24-21)20(29)27-12-9-22(10-13-27)19-8-5-11-28(19)18-7-4-3-6-17(18)25-22/h3-8,11,14-15,25H,9-10,12-13H2,1-2H3. The van der Waals surface area contributed by atoms with E-state index in [2.05, 4.69) is 62.4 Å². The normalized spacial score (nSPS) is 16.7. The Morgan fingerprint density at radius 3 is 2.52 bits per heavy atom. The molecule has 0 radical (unpaired) electrons. The third kappa shape index (κ3) is 2.85. The number of hydrogen-bond donors (Lipinski definition) is 1. The van der Waals surface area contributed by atoms with Crippen LogP contribution in [-0.4, -0.2) is 52.5 Å². The lowest BCUT2D eigenvalue weighted by Gasteiger charge is -2.46. The van der Waals surface area contributed by atoms with Crippen LogP contribution < -0.4 is 10.2 Å². The highest BCUT2D eigenvalue weighted by atomic mass is 16.2. The van der Waals surface area contributed by atoms with E-state index in [-0.39, 0.29) is 11.4 Å². The first-order valence-electron chi connectivity index (χ1n) is 9.91. The van der Waals surface area contributed by atoms with Gasteiger partial charge in [-0.2, -0.15) is 0 Å². The topological polar surface area (TPSA) is 66.3 Å². The van der Waals surface area contributed by atoms with Crippen LogP contribution in [0.4, 0.5) is 11.6 Å². The van der Waals surface area contributed by atoms with Crippen molar-refractivity contribution < 1.29 is 4.79 Å². The molecule has 2 aliphatic heterocycles. The van der Waals surface area contributed by atoms with E-state index >= 15 is 0 Å². The minimum absolute atomic E-state index is 0.00301. The number of para-hydroxylation sites is 2. The summed E-state index contributed by atoms with van der Waals surface area (Å²) in [6.07, 6.45) is 7.07. The second-order valence-electron chi connectivity index (χ2n) is 7.95. The number of aromatic nitrogens is 3. The lowest BCUT2D eigenvalue weighted by molar-refractivity contribution is 0.0675. The number of nitrogens with one attached hydrogen (secondary N) is 1. The number of benzene rings is 1. The SMILES string of the molecule is CN(C)c1ncc(C(=O)N2CCC3(CC2)Nc2ccccc2-n2cccc23)cn1. The third-order valence-electron chi connectivity index (χ3n) is 5.97. The molecular weight excluding hydrogens is 364 g/mol. The maximum atomic E-state index is 13.0. The molecule has 5 rings (SSSR count). The summed E-state index contributed by atoms with van der Waals surface area (Å²) in [6, 6.07) is 12.7. The number of likely N-dealkylation sites (tertiary alicyclic amines) is 1. The predicted octanol–water partition coefficient (Wildman–Crippen LogP) is 2.89. The average Bonchev–Trinajstić information content (AvgIpc) is 3.25. The molecule has 7 heteroatoms. The van der Waals surface area contributed by atoms with E-state index in [9.17, 15) is 4.79 Å². The molecule has 0 saturated carbocycles. The molecule has 1 aromatic carbocycles. The molecule has 3 aromatic rings. The van der Waals surface area contributed by atoms with Crippen LogP contribution in [-0.2, 0) is 5.54 Å². The Morgan fingerprint density at radius 1 is 1.07 bits per heavy atom. The second kappa shape index (κ2) is 6.62. The van der Waals surface area contributed by atoms with Crippen molar-refractivity contribution in [2.45, 2.75) is 18.4 Å². The Hall–Kier alpha value is -3.35. The van der Waals surface area contributed by atoms with Crippen molar-refractivity contribution in [1.82, 2.24) is 19.4 Å². The molecule has 4 heterocycles. The van der Waals surface area contributed by atoms with Gasteiger partial charge in [-0.25, -0.2) is 9.97 Å². The Labute approximate surface area is 170 Å². The molecule has 148 valence electrons. The molecule has 1 N–H and O–H groups in total. The summed E-state index contributed by atoms with van der Waals surface area (Å²) in [5.41, 5.74) is 3.97. The monoisotopic (exact) mass is 388 g/mol. The fourth-order valence-corrected chi connectivity index (χ4v) is 4.41. The maximum absolute atomic E-state index is 13.0. The number of fused-ring (bicyclic) bond motifs is 4. The Morgan fingerprint density at radius 2 is 1.79 bits per heavy atom. The summed E-state index contributed by atoms with van der Waals surface area (Å²) < 4.78 is 2.27. The Balaban J connectivity index is 1.36. The van der Waals surface area contributed by atoms with Crippen LogP contribution in [0.25, 0.3) is 5.69 Å². The summed E-state index contributed by atoms with van der Waals surface area (Å²) in [5, 5.41) is 3.78. The number of nitrogens with zero attached hydrogens (tertiary/aromatic N) is 5. The van der Waals surface area contributed by atoms with Gasteiger partial charge in [0.05, 0.1) is 22.5 Å². The van der Waals surface area contributed by atoms with Gasteiger partial charge in [0, 0.05) is 51.5 Å². The molecule has 1 amide bonds. The van der Waals surface area contributed by atoms with Crippen molar-refractivity contribution in [3.63, 3.8) is 0 Å². The summed E-state index contributed by atoms with van der Waals surface area (Å²) in [7, 11) is 3.76. The molecule has 0 atom stereocenters. The highest BCUT2D eigenvalue weighted by Gasteiger charge is 2.42. The van der Waals surface area contributed by atoms with Crippen LogP contribution in [0.1, 0.15) is 28.9 Å². The van der Waals surface area contributed by atoms with E-state index in [1.165, 1.54) is 11.4 Å². The quantitative estimate of drug-likeness (QED) is 0.731. The van der Waals surface area contributed by atoms with E-state index in [1.807, 2.05) is 23.9 Å². The number of piperidine rings is 1. The largest absolute Gasteiger partial charge is 0.372 e. The molecule has 1 saturated heterocycles. The van der Waals surface area contributed by atoms with Crippen molar-refractivity contribution in [1.29, 1.82) is 0 Å². The van der Waals surface area contributed by atoms with Gasteiger partial charge in [0.15, 0.2) is 0 Å². The fourth-order valence-electron chi connectivity index (χ4n) is 4.41. The van der Waals surface area contributed by atoms with Crippen LogP contribution in [0.5, 0.6) is 0 Å². The molecule has 2 aromatic heterocycles.